The molecule has 0 aliphatic carbocycles. The van der Waals surface area contributed by atoms with E-state index in [9.17, 15) is 9.59 Å². The first kappa shape index (κ1) is 18.0. The molecule has 2 aromatic rings. The van der Waals surface area contributed by atoms with Crippen LogP contribution in [-0.4, -0.2) is 21.7 Å². The van der Waals surface area contributed by atoms with Gasteiger partial charge >= 0.3 is 6.03 Å². The van der Waals surface area contributed by atoms with E-state index in [1.54, 1.807) is 4.68 Å². The number of hydrogen-bond donors (Lipinski definition) is 3. The minimum Gasteiger partial charge on any atom is -0.352 e. The van der Waals surface area contributed by atoms with Crippen LogP contribution in [0.4, 0.5) is 10.5 Å². The number of rotatable bonds is 5. The third kappa shape index (κ3) is 4.35. The number of nitrogens with two attached hydrogens (primary N) is 1. The Hall–Kier alpha value is -2.35. The van der Waals surface area contributed by atoms with Crippen LogP contribution in [-0.2, 0) is 11.8 Å². The molecule has 1 aromatic carbocycles. The Morgan fingerprint density at radius 2 is 1.92 bits per heavy atom. The van der Waals surface area contributed by atoms with E-state index in [0.29, 0.717) is 5.69 Å². The van der Waals surface area contributed by atoms with Gasteiger partial charge in [-0.3, -0.25) is 9.48 Å². The number of aryl methyl sites for hydroxylation is 2. The summed E-state index contributed by atoms with van der Waals surface area (Å²) in [6, 6.07) is 6.17. The highest BCUT2D eigenvalue weighted by molar-refractivity contribution is 9.10. The molecule has 0 aliphatic rings. The average molecular weight is 394 g/mol. The summed E-state index contributed by atoms with van der Waals surface area (Å²) in [6.07, 6.45) is 0.0678. The zero-order chi connectivity index (χ0) is 17.9. The fourth-order valence-corrected chi connectivity index (χ4v) is 2.71. The highest BCUT2D eigenvalue weighted by atomic mass is 79.9. The van der Waals surface area contributed by atoms with Crippen molar-refractivity contribution in [2.45, 2.75) is 26.3 Å². The van der Waals surface area contributed by atoms with E-state index in [4.69, 9.17) is 5.73 Å². The summed E-state index contributed by atoms with van der Waals surface area (Å²) in [6.45, 7) is 3.71. The Balaban J connectivity index is 2.15. The number of urea groups is 1. The first-order valence-corrected chi connectivity index (χ1v) is 8.18. The minimum absolute atomic E-state index is 0.0678. The van der Waals surface area contributed by atoms with Gasteiger partial charge in [-0.25, -0.2) is 4.79 Å². The van der Waals surface area contributed by atoms with Gasteiger partial charge in [-0.2, -0.15) is 5.10 Å². The van der Waals surface area contributed by atoms with Crippen LogP contribution in [0, 0.1) is 13.8 Å². The first-order chi connectivity index (χ1) is 11.3. The van der Waals surface area contributed by atoms with Gasteiger partial charge in [-0.05, 0) is 31.5 Å². The van der Waals surface area contributed by atoms with Gasteiger partial charge in [-0.15, -0.1) is 0 Å². The standard InChI is InChI=1S/C16H20BrN5O2/c1-9-15(10(2)22(3)21-9)20-14(23)8-13(19-16(18)24)11-4-6-12(17)7-5-11/h4-7,13H,8H2,1-3H3,(H,20,23)(H3,18,19,24)/t13-/m0/s1. The van der Waals surface area contributed by atoms with Crippen LogP contribution in [0.1, 0.15) is 29.4 Å². The molecule has 3 amide bonds. The van der Waals surface area contributed by atoms with Crippen molar-refractivity contribution in [2.75, 3.05) is 5.32 Å². The second kappa shape index (κ2) is 7.48. The van der Waals surface area contributed by atoms with Crippen LogP contribution in [0.2, 0.25) is 0 Å². The molecule has 0 saturated carbocycles. The molecule has 0 bridgehead atoms. The summed E-state index contributed by atoms with van der Waals surface area (Å²) in [5, 5.41) is 9.74. The van der Waals surface area contributed by atoms with Crippen LogP contribution in [0.3, 0.4) is 0 Å². The second-order valence-electron chi connectivity index (χ2n) is 5.53. The lowest BCUT2D eigenvalue weighted by atomic mass is 10.0. The number of amides is 3. The summed E-state index contributed by atoms with van der Waals surface area (Å²) < 4.78 is 2.62. The van der Waals surface area contributed by atoms with Crippen molar-refractivity contribution < 1.29 is 9.59 Å². The molecule has 1 heterocycles. The summed E-state index contributed by atoms with van der Waals surface area (Å²) in [5.74, 6) is -0.226. The molecule has 4 N–H and O–H groups in total. The van der Waals surface area contributed by atoms with Gasteiger partial charge in [0, 0.05) is 11.5 Å². The molecule has 0 spiro atoms. The predicted octanol–water partition coefficient (Wildman–Crippen LogP) is 2.54. The Morgan fingerprint density at radius 1 is 1.29 bits per heavy atom. The maximum atomic E-state index is 12.4. The molecule has 24 heavy (non-hydrogen) atoms. The molecule has 8 heteroatoms. The molecule has 7 nitrogen and oxygen atoms in total. The van der Waals surface area contributed by atoms with Gasteiger partial charge in [0.2, 0.25) is 5.91 Å². The molecular formula is C16H20BrN5O2. The molecule has 128 valence electrons. The zero-order valence-electron chi connectivity index (χ0n) is 13.8. The number of aromatic nitrogens is 2. The number of nitrogens with zero attached hydrogens (tertiary/aromatic N) is 2. The molecule has 2 rings (SSSR count). The van der Waals surface area contributed by atoms with Crippen molar-refractivity contribution in [3.63, 3.8) is 0 Å². The van der Waals surface area contributed by atoms with Gasteiger partial charge in [0.1, 0.15) is 0 Å². The van der Waals surface area contributed by atoms with Crippen molar-refractivity contribution in [1.29, 1.82) is 0 Å². The summed E-state index contributed by atoms with van der Waals surface area (Å²) >= 11 is 3.36. The number of halogens is 1. The van der Waals surface area contributed by atoms with Crippen molar-refractivity contribution in [2.24, 2.45) is 12.8 Å². The molecule has 0 fully saturated rings. The van der Waals surface area contributed by atoms with Crippen molar-refractivity contribution >= 4 is 33.6 Å². The van der Waals surface area contributed by atoms with Crippen LogP contribution in [0.5, 0.6) is 0 Å². The minimum atomic E-state index is -0.676. The molecule has 0 unspecified atom stereocenters. The van der Waals surface area contributed by atoms with E-state index < -0.39 is 12.1 Å². The third-order valence-electron chi connectivity index (χ3n) is 3.75. The Labute approximate surface area is 148 Å². The van der Waals surface area contributed by atoms with Crippen molar-refractivity contribution in [3.05, 3.63) is 45.7 Å². The quantitative estimate of drug-likeness (QED) is 0.726. The molecule has 0 radical (unpaired) electrons. The molecule has 1 atom stereocenters. The molecule has 0 saturated heterocycles. The van der Waals surface area contributed by atoms with Crippen LogP contribution < -0.4 is 16.4 Å². The van der Waals surface area contributed by atoms with Gasteiger partial charge in [0.15, 0.2) is 0 Å². The Bertz CT molecular complexity index is 755. The van der Waals surface area contributed by atoms with Crippen LogP contribution in [0.15, 0.2) is 28.7 Å². The first-order valence-electron chi connectivity index (χ1n) is 7.39. The number of carbonyl (C=O) groups excluding carboxylic acids is 2. The smallest absolute Gasteiger partial charge is 0.312 e. The van der Waals surface area contributed by atoms with E-state index in [1.165, 1.54) is 0 Å². The number of anilines is 1. The van der Waals surface area contributed by atoms with E-state index in [0.717, 1.165) is 21.4 Å². The van der Waals surface area contributed by atoms with E-state index in [2.05, 4.69) is 31.7 Å². The fourth-order valence-electron chi connectivity index (χ4n) is 2.45. The number of primary amides is 1. The van der Waals surface area contributed by atoms with Crippen LogP contribution in [0.25, 0.3) is 0 Å². The highest BCUT2D eigenvalue weighted by Gasteiger charge is 2.19. The molecule has 0 aliphatic heterocycles. The number of hydrogen-bond acceptors (Lipinski definition) is 3. The fraction of sp³-hybridized carbons (Fsp3) is 0.312. The SMILES string of the molecule is Cc1nn(C)c(C)c1NC(=O)C[C@H](NC(N)=O)c1ccc(Br)cc1. The maximum Gasteiger partial charge on any atom is 0.312 e. The molecule has 1 aromatic heterocycles. The van der Waals surface area contributed by atoms with Gasteiger partial charge in [0.05, 0.1) is 29.5 Å². The topological polar surface area (TPSA) is 102 Å². The van der Waals surface area contributed by atoms with Gasteiger partial charge in [0.25, 0.3) is 0 Å². The molecular weight excluding hydrogens is 374 g/mol. The van der Waals surface area contributed by atoms with Crippen molar-refractivity contribution in [3.8, 4) is 0 Å². The van der Waals surface area contributed by atoms with E-state index >= 15 is 0 Å². The summed E-state index contributed by atoms with van der Waals surface area (Å²) in [4.78, 5) is 23.7. The average Bonchev–Trinajstić information content (AvgIpc) is 2.73. The number of nitrogens with one attached hydrogen (secondary N) is 2. The van der Waals surface area contributed by atoms with Crippen LogP contribution >= 0.6 is 15.9 Å². The number of carbonyl (C=O) groups is 2. The van der Waals surface area contributed by atoms with E-state index in [1.807, 2.05) is 45.2 Å². The lowest BCUT2D eigenvalue weighted by Gasteiger charge is -2.18. The Kier molecular flexibility index (Phi) is 5.61. The van der Waals surface area contributed by atoms with Crippen molar-refractivity contribution in [1.82, 2.24) is 15.1 Å². The lowest BCUT2D eigenvalue weighted by molar-refractivity contribution is -0.116. The predicted molar refractivity (Wildman–Crippen MR) is 95.5 cm³/mol. The normalized spacial score (nSPS) is 11.8. The maximum absolute atomic E-state index is 12.4. The largest absolute Gasteiger partial charge is 0.352 e. The summed E-state index contributed by atoms with van der Waals surface area (Å²) in [7, 11) is 1.82. The summed E-state index contributed by atoms with van der Waals surface area (Å²) in [5.41, 5.74) is 8.33. The monoisotopic (exact) mass is 393 g/mol. The zero-order valence-corrected chi connectivity index (χ0v) is 15.3. The highest BCUT2D eigenvalue weighted by Crippen LogP contribution is 2.22. The second-order valence-corrected chi connectivity index (χ2v) is 6.45. The van der Waals surface area contributed by atoms with Gasteiger partial charge < -0.3 is 16.4 Å². The third-order valence-corrected chi connectivity index (χ3v) is 4.28. The number of benzene rings is 1. The van der Waals surface area contributed by atoms with E-state index in [-0.39, 0.29) is 12.3 Å². The lowest BCUT2D eigenvalue weighted by Crippen LogP contribution is -2.35. The Morgan fingerprint density at radius 3 is 2.42 bits per heavy atom. The van der Waals surface area contributed by atoms with Gasteiger partial charge in [-0.1, -0.05) is 28.1 Å².